The first-order valence-electron chi connectivity index (χ1n) is 13.8. The summed E-state index contributed by atoms with van der Waals surface area (Å²) in [5.41, 5.74) is 18.4. The molecule has 13 heteroatoms. The Morgan fingerprint density at radius 3 is 2.21 bits per heavy atom. The predicted molar refractivity (Wildman–Crippen MR) is 156 cm³/mol. The lowest BCUT2D eigenvalue weighted by Gasteiger charge is -2.29. The predicted octanol–water partition coefficient (Wildman–Crippen LogP) is -0.396. The van der Waals surface area contributed by atoms with Gasteiger partial charge in [0.25, 0.3) is 0 Å². The smallest absolute Gasteiger partial charge is 0.326 e. The zero-order valence-electron chi connectivity index (χ0n) is 23.3. The minimum Gasteiger partial charge on any atom is -0.508 e. The maximum atomic E-state index is 13.6. The molecule has 0 aromatic heterocycles. The molecule has 226 valence electrons. The molecule has 1 saturated heterocycles. The van der Waals surface area contributed by atoms with Crippen LogP contribution in [0.4, 0.5) is 0 Å². The van der Waals surface area contributed by atoms with E-state index in [0.29, 0.717) is 24.8 Å². The van der Waals surface area contributed by atoms with Gasteiger partial charge in [-0.05, 0) is 55.4 Å². The van der Waals surface area contributed by atoms with Crippen LogP contribution in [0.25, 0.3) is 0 Å². The molecule has 2 aromatic rings. The van der Waals surface area contributed by atoms with Gasteiger partial charge < -0.3 is 42.9 Å². The number of aromatic hydroxyl groups is 1. The van der Waals surface area contributed by atoms with E-state index in [1.807, 2.05) is 30.3 Å². The summed E-state index contributed by atoms with van der Waals surface area (Å²) in [4.78, 5) is 57.2. The normalized spacial score (nSPS) is 16.6. The third-order valence-electron chi connectivity index (χ3n) is 7.03. The SMILES string of the molecule is NC(N)=NCCCC(NC(=O)C(N)Cc1ccccc1)C(=O)NC(Cc1ccc(O)cc1)C(=O)N1CCCC1C(=O)O. The summed E-state index contributed by atoms with van der Waals surface area (Å²) < 4.78 is 0. The summed E-state index contributed by atoms with van der Waals surface area (Å²) in [5.74, 6) is -2.92. The highest BCUT2D eigenvalue weighted by Gasteiger charge is 2.38. The first-order chi connectivity index (χ1) is 20.0. The van der Waals surface area contributed by atoms with Gasteiger partial charge in [-0.25, -0.2) is 4.79 Å². The Morgan fingerprint density at radius 2 is 1.57 bits per heavy atom. The lowest BCUT2D eigenvalue weighted by atomic mass is 10.0. The van der Waals surface area contributed by atoms with Gasteiger partial charge in [0.1, 0.15) is 23.9 Å². The van der Waals surface area contributed by atoms with E-state index < -0.39 is 47.9 Å². The van der Waals surface area contributed by atoms with Gasteiger partial charge in [-0.15, -0.1) is 0 Å². The van der Waals surface area contributed by atoms with E-state index >= 15 is 0 Å². The number of carboxylic acid groups (broad SMARTS) is 1. The van der Waals surface area contributed by atoms with Gasteiger partial charge in [-0.2, -0.15) is 0 Å². The highest BCUT2D eigenvalue weighted by atomic mass is 16.4. The highest BCUT2D eigenvalue weighted by molar-refractivity contribution is 5.94. The van der Waals surface area contributed by atoms with Crippen molar-refractivity contribution in [2.75, 3.05) is 13.1 Å². The van der Waals surface area contributed by atoms with Crippen molar-refractivity contribution >= 4 is 29.7 Å². The number of phenols is 1. The van der Waals surface area contributed by atoms with Crippen molar-refractivity contribution in [3.05, 3.63) is 65.7 Å². The molecule has 2 aromatic carbocycles. The van der Waals surface area contributed by atoms with Gasteiger partial charge >= 0.3 is 5.97 Å². The zero-order chi connectivity index (χ0) is 30.6. The molecule has 4 atom stereocenters. The maximum absolute atomic E-state index is 13.6. The van der Waals surface area contributed by atoms with Gasteiger partial charge in [-0.1, -0.05) is 42.5 Å². The number of nitrogens with zero attached hydrogens (tertiary/aromatic N) is 2. The minimum atomic E-state index is -1.13. The van der Waals surface area contributed by atoms with Crippen molar-refractivity contribution in [1.29, 1.82) is 0 Å². The van der Waals surface area contributed by atoms with Crippen molar-refractivity contribution < 1.29 is 29.4 Å². The van der Waals surface area contributed by atoms with Crippen molar-refractivity contribution in [3.8, 4) is 5.75 Å². The molecular weight excluding hydrogens is 542 g/mol. The Balaban J connectivity index is 1.80. The van der Waals surface area contributed by atoms with E-state index in [4.69, 9.17) is 17.2 Å². The van der Waals surface area contributed by atoms with Crippen molar-refractivity contribution in [3.63, 3.8) is 0 Å². The van der Waals surface area contributed by atoms with Crippen LogP contribution in [0.3, 0.4) is 0 Å². The number of nitrogens with two attached hydrogens (primary N) is 3. The number of aliphatic carboxylic acids is 1. The number of aliphatic imine (C=N–C) groups is 1. The van der Waals surface area contributed by atoms with Crippen molar-refractivity contribution in [2.45, 2.75) is 62.7 Å². The van der Waals surface area contributed by atoms with E-state index in [9.17, 15) is 29.4 Å². The number of benzene rings is 2. The first kappa shape index (κ1) is 31.9. The molecule has 42 heavy (non-hydrogen) atoms. The molecule has 3 amide bonds. The number of rotatable bonds is 14. The monoisotopic (exact) mass is 581 g/mol. The number of amides is 3. The summed E-state index contributed by atoms with van der Waals surface area (Å²) in [5, 5.41) is 24.7. The molecule has 1 aliphatic heterocycles. The number of guanidine groups is 1. The largest absolute Gasteiger partial charge is 0.508 e. The topological polar surface area (TPSA) is 226 Å². The summed E-state index contributed by atoms with van der Waals surface area (Å²) in [6.45, 7) is 0.451. The van der Waals surface area contributed by atoms with Crippen LogP contribution in [0.15, 0.2) is 59.6 Å². The average Bonchev–Trinajstić information content (AvgIpc) is 3.46. The van der Waals surface area contributed by atoms with Gasteiger partial charge in [0, 0.05) is 19.5 Å². The Labute approximate surface area is 244 Å². The quantitative estimate of drug-likeness (QED) is 0.0874. The number of hydrogen-bond acceptors (Lipinski definition) is 7. The molecule has 1 fully saturated rings. The molecule has 13 nitrogen and oxygen atoms in total. The number of likely N-dealkylation sites (tertiary alicyclic amines) is 1. The Bertz CT molecular complexity index is 1250. The number of carbonyl (C=O) groups excluding carboxylic acids is 3. The second kappa shape index (κ2) is 15.4. The van der Waals surface area contributed by atoms with Gasteiger partial charge in [-0.3, -0.25) is 19.4 Å². The van der Waals surface area contributed by atoms with Crippen LogP contribution in [0.1, 0.15) is 36.8 Å². The zero-order valence-corrected chi connectivity index (χ0v) is 23.3. The highest BCUT2D eigenvalue weighted by Crippen LogP contribution is 2.20. The summed E-state index contributed by atoms with van der Waals surface area (Å²) >= 11 is 0. The molecule has 0 aliphatic carbocycles. The molecule has 1 aliphatic rings. The molecular formula is C29H39N7O6. The molecule has 0 spiro atoms. The van der Waals surface area contributed by atoms with E-state index in [1.54, 1.807) is 12.1 Å². The van der Waals surface area contributed by atoms with E-state index in [0.717, 1.165) is 5.56 Å². The molecule has 3 rings (SSSR count). The van der Waals surface area contributed by atoms with Crippen LogP contribution >= 0.6 is 0 Å². The standard InChI is InChI=1S/C29H39N7O6/c30-21(16-18-6-2-1-3-7-18)25(38)34-22(8-4-14-33-29(31)32)26(39)35-23(17-19-10-12-20(37)13-11-19)27(40)36-15-5-9-24(36)28(41)42/h1-3,6-7,10-13,21-24,37H,4-5,8-9,14-17,30H2,(H,34,38)(H,35,39)(H,41,42)(H4,31,32,33). The molecule has 0 saturated carbocycles. The molecule has 4 unspecified atom stereocenters. The van der Waals surface area contributed by atoms with Gasteiger partial charge in [0.2, 0.25) is 17.7 Å². The van der Waals surface area contributed by atoms with Gasteiger partial charge in [0.05, 0.1) is 6.04 Å². The van der Waals surface area contributed by atoms with Crippen LogP contribution < -0.4 is 27.8 Å². The van der Waals surface area contributed by atoms with Crippen LogP contribution in [0.2, 0.25) is 0 Å². The summed E-state index contributed by atoms with van der Waals surface area (Å²) in [7, 11) is 0. The first-order valence-corrected chi connectivity index (χ1v) is 13.8. The van der Waals surface area contributed by atoms with E-state index in [1.165, 1.54) is 17.0 Å². The summed E-state index contributed by atoms with van der Waals surface area (Å²) in [6, 6.07) is 11.2. The second-order valence-electron chi connectivity index (χ2n) is 10.3. The third kappa shape index (κ3) is 9.47. The fourth-order valence-electron chi connectivity index (χ4n) is 4.84. The molecule has 1 heterocycles. The number of nitrogens with one attached hydrogen (secondary N) is 2. The fraction of sp³-hybridized carbons (Fsp3) is 0.414. The summed E-state index contributed by atoms with van der Waals surface area (Å²) in [6.07, 6.45) is 1.61. The van der Waals surface area contributed by atoms with Crippen LogP contribution in [-0.4, -0.2) is 82.0 Å². The fourth-order valence-corrected chi connectivity index (χ4v) is 4.84. The third-order valence-corrected chi connectivity index (χ3v) is 7.03. The van der Waals surface area contributed by atoms with Crippen molar-refractivity contribution in [1.82, 2.24) is 15.5 Å². The second-order valence-corrected chi connectivity index (χ2v) is 10.3. The lowest BCUT2D eigenvalue weighted by molar-refractivity contribution is -0.149. The molecule has 0 radical (unpaired) electrons. The Hall–Kier alpha value is -4.65. The van der Waals surface area contributed by atoms with Crippen LogP contribution in [0, 0.1) is 0 Å². The van der Waals surface area contributed by atoms with Crippen LogP contribution in [-0.2, 0) is 32.0 Å². The Morgan fingerprint density at radius 1 is 0.929 bits per heavy atom. The lowest BCUT2D eigenvalue weighted by Crippen LogP contribution is -2.57. The number of carbonyl (C=O) groups is 4. The average molecular weight is 582 g/mol. The molecule has 10 N–H and O–H groups in total. The van der Waals surface area contributed by atoms with E-state index in [2.05, 4.69) is 15.6 Å². The number of carboxylic acids is 1. The van der Waals surface area contributed by atoms with E-state index in [-0.39, 0.29) is 44.1 Å². The molecule has 0 bridgehead atoms. The minimum absolute atomic E-state index is 0.0338. The van der Waals surface area contributed by atoms with Crippen LogP contribution in [0.5, 0.6) is 5.75 Å². The number of phenolic OH excluding ortho intramolecular Hbond substituents is 1. The van der Waals surface area contributed by atoms with Crippen molar-refractivity contribution in [2.24, 2.45) is 22.2 Å². The Kier molecular flexibility index (Phi) is 11.7. The van der Waals surface area contributed by atoms with Gasteiger partial charge in [0.15, 0.2) is 5.96 Å². The number of hydrogen-bond donors (Lipinski definition) is 7. The maximum Gasteiger partial charge on any atom is 0.326 e.